The summed E-state index contributed by atoms with van der Waals surface area (Å²) in [4.78, 5) is 42.9. The number of pyridine rings is 1. The lowest BCUT2D eigenvalue weighted by Crippen LogP contribution is -2.49. The lowest BCUT2D eigenvalue weighted by atomic mass is 9.99. The van der Waals surface area contributed by atoms with E-state index in [0.717, 1.165) is 32.5 Å². The Morgan fingerprint density at radius 3 is 2.72 bits per heavy atom. The summed E-state index contributed by atoms with van der Waals surface area (Å²) >= 11 is 1.67. The molecule has 1 saturated heterocycles. The van der Waals surface area contributed by atoms with Crippen molar-refractivity contribution in [1.29, 1.82) is 0 Å². The van der Waals surface area contributed by atoms with Crippen molar-refractivity contribution in [2.45, 2.75) is 44.8 Å². The standard InChI is InChI=1S/C23H29N3O5S/c1-30-19-13-20(27)25-11-10-24(14-16-7-12-32-15-16)9-6-17(25)21(19)22(28)26-8-4-3-5-18(26)23(29)31-2/h7,12-13,15,18H,3-6,8-11,14H2,1-2H3/t18-/m0/s1. The van der Waals surface area contributed by atoms with E-state index in [-0.39, 0.29) is 17.2 Å². The minimum atomic E-state index is -0.612. The van der Waals surface area contributed by atoms with Crippen LogP contribution in [0.2, 0.25) is 0 Å². The Bertz CT molecular complexity index is 1030. The molecule has 0 saturated carbocycles. The van der Waals surface area contributed by atoms with Crippen LogP contribution in [0.25, 0.3) is 0 Å². The average molecular weight is 460 g/mol. The minimum Gasteiger partial charge on any atom is -0.496 e. The Labute approximate surface area is 191 Å². The summed E-state index contributed by atoms with van der Waals surface area (Å²) in [6.45, 7) is 3.23. The van der Waals surface area contributed by atoms with Gasteiger partial charge in [0.2, 0.25) is 0 Å². The SMILES string of the molecule is COC(=O)[C@@H]1CCCCN1C(=O)c1c(OC)cc(=O)n2c1CCN(Cc1ccsc1)CC2. The predicted octanol–water partition coefficient (Wildman–Crippen LogP) is 2.14. The maximum Gasteiger partial charge on any atom is 0.328 e. The molecule has 172 valence electrons. The number of piperidine rings is 1. The molecule has 8 nitrogen and oxygen atoms in total. The van der Waals surface area contributed by atoms with Gasteiger partial charge in [0.1, 0.15) is 17.4 Å². The summed E-state index contributed by atoms with van der Waals surface area (Å²) in [6, 6.07) is 2.89. The zero-order valence-corrected chi connectivity index (χ0v) is 19.4. The van der Waals surface area contributed by atoms with Crippen LogP contribution in [0.15, 0.2) is 27.7 Å². The van der Waals surface area contributed by atoms with Crippen LogP contribution in [-0.4, -0.2) is 66.1 Å². The molecular weight excluding hydrogens is 430 g/mol. The molecule has 0 bridgehead atoms. The van der Waals surface area contributed by atoms with Gasteiger partial charge in [-0.15, -0.1) is 0 Å². The van der Waals surface area contributed by atoms with Gasteiger partial charge < -0.3 is 18.9 Å². The van der Waals surface area contributed by atoms with Gasteiger partial charge in [-0.25, -0.2) is 4.79 Å². The highest BCUT2D eigenvalue weighted by Gasteiger charge is 2.36. The summed E-state index contributed by atoms with van der Waals surface area (Å²) in [5.41, 5.74) is 2.15. The molecule has 1 fully saturated rings. The molecule has 32 heavy (non-hydrogen) atoms. The molecule has 9 heteroatoms. The van der Waals surface area contributed by atoms with Crippen molar-refractivity contribution in [3.05, 3.63) is 50.1 Å². The van der Waals surface area contributed by atoms with Crippen LogP contribution in [0.1, 0.15) is 40.9 Å². The van der Waals surface area contributed by atoms with Crippen LogP contribution in [0, 0.1) is 0 Å². The number of thiophene rings is 1. The van der Waals surface area contributed by atoms with E-state index >= 15 is 0 Å². The fourth-order valence-electron chi connectivity index (χ4n) is 4.68. The largest absolute Gasteiger partial charge is 0.496 e. The van der Waals surface area contributed by atoms with Crippen molar-refractivity contribution < 1.29 is 19.1 Å². The number of fused-ring (bicyclic) bond motifs is 1. The number of amides is 1. The number of hydrogen-bond acceptors (Lipinski definition) is 7. The molecule has 1 amide bonds. The molecule has 0 radical (unpaired) electrons. The van der Waals surface area contributed by atoms with Gasteiger partial charge >= 0.3 is 5.97 Å². The number of aromatic nitrogens is 1. The van der Waals surface area contributed by atoms with Crippen LogP contribution in [0.4, 0.5) is 0 Å². The smallest absolute Gasteiger partial charge is 0.328 e. The quantitative estimate of drug-likeness (QED) is 0.638. The van der Waals surface area contributed by atoms with Gasteiger partial charge in [-0.05, 0) is 41.7 Å². The fourth-order valence-corrected chi connectivity index (χ4v) is 5.34. The molecule has 0 unspecified atom stereocenters. The molecule has 0 spiro atoms. The number of ether oxygens (including phenoxy) is 2. The highest BCUT2D eigenvalue weighted by molar-refractivity contribution is 7.07. The summed E-state index contributed by atoms with van der Waals surface area (Å²) < 4.78 is 12.1. The Morgan fingerprint density at radius 2 is 2.00 bits per heavy atom. The van der Waals surface area contributed by atoms with E-state index in [1.54, 1.807) is 20.8 Å². The lowest BCUT2D eigenvalue weighted by Gasteiger charge is -2.34. The van der Waals surface area contributed by atoms with Gasteiger partial charge in [0.05, 0.1) is 14.2 Å². The number of nitrogens with zero attached hydrogens (tertiary/aromatic N) is 3. The predicted molar refractivity (Wildman–Crippen MR) is 121 cm³/mol. The molecule has 1 atom stereocenters. The topological polar surface area (TPSA) is 81.1 Å². The molecule has 0 N–H and O–H groups in total. The number of likely N-dealkylation sites (tertiary alicyclic amines) is 1. The Morgan fingerprint density at radius 1 is 1.16 bits per heavy atom. The molecule has 4 heterocycles. The summed E-state index contributed by atoms with van der Waals surface area (Å²) in [5.74, 6) is -0.406. The van der Waals surface area contributed by atoms with Crippen molar-refractivity contribution in [2.24, 2.45) is 0 Å². The van der Waals surface area contributed by atoms with Crippen molar-refractivity contribution >= 4 is 23.2 Å². The summed E-state index contributed by atoms with van der Waals surface area (Å²) in [6.07, 6.45) is 2.81. The fraction of sp³-hybridized carbons (Fsp3) is 0.522. The summed E-state index contributed by atoms with van der Waals surface area (Å²) in [5, 5.41) is 4.19. The zero-order valence-electron chi connectivity index (χ0n) is 18.5. The van der Waals surface area contributed by atoms with E-state index in [1.807, 2.05) is 0 Å². The molecule has 0 aromatic carbocycles. The third kappa shape index (κ3) is 4.45. The Hall–Kier alpha value is -2.65. The average Bonchev–Trinajstić information content (AvgIpc) is 3.24. The monoisotopic (exact) mass is 459 g/mol. The van der Waals surface area contributed by atoms with E-state index in [0.29, 0.717) is 37.2 Å². The van der Waals surface area contributed by atoms with E-state index in [2.05, 4.69) is 21.7 Å². The minimum absolute atomic E-state index is 0.172. The van der Waals surface area contributed by atoms with E-state index in [9.17, 15) is 14.4 Å². The zero-order chi connectivity index (χ0) is 22.7. The highest BCUT2D eigenvalue weighted by atomic mass is 32.1. The van der Waals surface area contributed by atoms with Crippen molar-refractivity contribution in [3.8, 4) is 5.75 Å². The van der Waals surface area contributed by atoms with Crippen molar-refractivity contribution in [1.82, 2.24) is 14.4 Å². The first kappa shape index (κ1) is 22.5. The molecule has 0 aliphatic carbocycles. The highest BCUT2D eigenvalue weighted by Crippen LogP contribution is 2.28. The second-order valence-electron chi connectivity index (χ2n) is 8.22. The molecule has 2 aromatic rings. The van der Waals surface area contributed by atoms with Gasteiger partial charge in [0, 0.05) is 50.9 Å². The number of methoxy groups -OCH3 is 2. The van der Waals surface area contributed by atoms with E-state index in [4.69, 9.17) is 9.47 Å². The van der Waals surface area contributed by atoms with E-state index in [1.165, 1.54) is 25.8 Å². The molecule has 2 aromatic heterocycles. The van der Waals surface area contributed by atoms with Gasteiger partial charge in [-0.3, -0.25) is 14.5 Å². The van der Waals surface area contributed by atoms with Gasteiger partial charge in [-0.2, -0.15) is 11.3 Å². The second kappa shape index (κ2) is 9.87. The first-order chi connectivity index (χ1) is 15.5. The third-order valence-electron chi connectivity index (χ3n) is 6.34. The maximum absolute atomic E-state index is 13.8. The second-order valence-corrected chi connectivity index (χ2v) is 9.00. The molecule has 2 aliphatic rings. The number of carbonyl (C=O) groups excluding carboxylic acids is 2. The number of hydrogen-bond donors (Lipinski definition) is 0. The van der Waals surface area contributed by atoms with Crippen molar-refractivity contribution in [3.63, 3.8) is 0 Å². The Balaban J connectivity index is 1.68. The van der Waals surface area contributed by atoms with Crippen molar-refractivity contribution in [2.75, 3.05) is 33.9 Å². The van der Waals surface area contributed by atoms with Gasteiger partial charge in [-0.1, -0.05) is 0 Å². The van der Waals surface area contributed by atoms with Crippen LogP contribution in [0.3, 0.4) is 0 Å². The van der Waals surface area contributed by atoms with Crippen LogP contribution < -0.4 is 10.3 Å². The first-order valence-electron chi connectivity index (χ1n) is 11.0. The molecular formula is C23H29N3O5S. The normalized spacial score (nSPS) is 19.2. The Kier molecular flexibility index (Phi) is 6.95. The maximum atomic E-state index is 13.8. The van der Waals surface area contributed by atoms with Crippen LogP contribution >= 0.6 is 11.3 Å². The first-order valence-corrected chi connectivity index (χ1v) is 11.9. The number of rotatable bonds is 5. The third-order valence-corrected chi connectivity index (χ3v) is 7.08. The lowest BCUT2D eigenvalue weighted by molar-refractivity contribution is -0.147. The summed E-state index contributed by atoms with van der Waals surface area (Å²) in [7, 11) is 2.81. The van der Waals surface area contributed by atoms with Crippen LogP contribution in [-0.2, 0) is 29.0 Å². The van der Waals surface area contributed by atoms with Gasteiger partial charge in [0.15, 0.2) is 0 Å². The van der Waals surface area contributed by atoms with E-state index < -0.39 is 12.0 Å². The molecule has 4 rings (SSSR count). The van der Waals surface area contributed by atoms with Gasteiger partial charge in [0.25, 0.3) is 11.5 Å². The number of esters is 1. The number of carbonyl (C=O) groups is 2. The van der Waals surface area contributed by atoms with Crippen LogP contribution in [0.5, 0.6) is 5.75 Å². The molecule has 2 aliphatic heterocycles.